The smallest absolute Gasteiger partial charge is 0.259 e. The van der Waals surface area contributed by atoms with Crippen molar-refractivity contribution in [2.75, 3.05) is 5.32 Å². The molecule has 98 valence electrons. The molecule has 3 nitrogen and oxygen atoms in total. The van der Waals surface area contributed by atoms with Crippen LogP contribution in [0.2, 0.25) is 0 Å². The molecule has 0 saturated heterocycles. The lowest BCUT2D eigenvalue weighted by Crippen LogP contribution is -2.13. The van der Waals surface area contributed by atoms with Gasteiger partial charge in [0.05, 0.1) is 11.3 Å². The van der Waals surface area contributed by atoms with Crippen molar-refractivity contribution in [3.8, 4) is 5.75 Å². The van der Waals surface area contributed by atoms with Gasteiger partial charge in [0.2, 0.25) is 0 Å². The number of hydrogen-bond acceptors (Lipinski definition) is 2. The van der Waals surface area contributed by atoms with Gasteiger partial charge >= 0.3 is 0 Å². The summed E-state index contributed by atoms with van der Waals surface area (Å²) in [6.45, 7) is 3.61. The van der Waals surface area contributed by atoms with E-state index in [-0.39, 0.29) is 17.0 Å². The molecule has 0 aliphatic heterocycles. The molecular weight excluding hydrogens is 245 g/mol. The summed E-state index contributed by atoms with van der Waals surface area (Å²) in [4.78, 5) is 12.0. The zero-order chi connectivity index (χ0) is 14.0. The van der Waals surface area contributed by atoms with Crippen LogP contribution in [0.25, 0.3) is 0 Å². The van der Waals surface area contributed by atoms with Crippen molar-refractivity contribution in [2.45, 2.75) is 13.8 Å². The Morgan fingerprint density at radius 2 is 1.74 bits per heavy atom. The lowest BCUT2D eigenvalue weighted by molar-refractivity contribution is 0.102. The van der Waals surface area contributed by atoms with E-state index >= 15 is 0 Å². The molecular formula is C15H14FNO2. The number of nitrogens with one attached hydrogen (secondary N) is 1. The number of aryl methyl sites for hydroxylation is 2. The molecule has 0 aliphatic rings. The highest BCUT2D eigenvalue weighted by Gasteiger charge is 2.13. The predicted molar refractivity (Wildman–Crippen MR) is 71.9 cm³/mol. The standard InChI is InChI=1S/C15H14FNO2/c1-9-4-6-12(16)13(7-9)17-15(19)11-5-3-10(2)8-14(11)18/h3-8,18H,1-2H3,(H,17,19). The number of amides is 1. The van der Waals surface area contributed by atoms with E-state index < -0.39 is 11.7 Å². The lowest BCUT2D eigenvalue weighted by Gasteiger charge is -2.09. The maximum absolute atomic E-state index is 13.5. The quantitative estimate of drug-likeness (QED) is 0.868. The van der Waals surface area contributed by atoms with Crippen LogP contribution < -0.4 is 5.32 Å². The molecule has 2 N–H and O–H groups in total. The van der Waals surface area contributed by atoms with Gasteiger partial charge in [0, 0.05) is 0 Å². The zero-order valence-electron chi connectivity index (χ0n) is 10.7. The van der Waals surface area contributed by atoms with Gasteiger partial charge in [0.1, 0.15) is 11.6 Å². The van der Waals surface area contributed by atoms with Crippen molar-refractivity contribution < 1.29 is 14.3 Å². The van der Waals surface area contributed by atoms with Crippen molar-refractivity contribution in [3.05, 3.63) is 58.9 Å². The highest BCUT2D eigenvalue weighted by atomic mass is 19.1. The summed E-state index contributed by atoms with van der Waals surface area (Å²) in [7, 11) is 0. The van der Waals surface area contributed by atoms with Crippen LogP contribution in [0.1, 0.15) is 21.5 Å². The largest absolute Gasteiger partial charge is 0.507 e. The molecule has 0 heterocycles. The Balaban J connectivity index is 2.28. The summed E-state index contributed by atoms with van der Waals surface area (Å²) in [5.41, 5.74) is 1.90. The normalized spacial score (nSPS) is 10.3. The average Bonchev–Trinajstić information content (AvgIpc) is 2.33. The van der Waals surface area contributed by atoms with Crippen molar-refractivity contribution in [1.82, 2.24) is 0 Å². The third-order valence-corrected chi connectivity index (χ3v) is 2.77. The number of benzene rings is 2. The van der Waals surface area contributed by atoms with Crippen LogP contribution >= 0.6 is 0 Å². The Kier molecular flexibility index (Phi) is 3.51. The second-order valence-electron chi connectivity index (χ2n) is 4.46. The maximum atomic E-state index is 13.5. The first-order valence-electron chi connectivity index (χ1n) is 5.84. The van der Waals surface area contributed by atoms with Crippen LogP contribution in [0.5, 0.6) is 5.75 Å². The van der Waals surface area contributed by atoms with E-state index in [4.69, 9.17) is 0 Å². The van der Waals surface area contributed by atoms with E-state index in [1.807, 2.05) is 6.92 Å². The van der Waals surface area contributed by atoms with E-state index in [1.54, 1.807) is 25.1 Å². The Morgan fingerprint density at radius 1 is 1.11 bits per heavy atom. The first kappa shape index (κ1) is 13.1. The maximum Gasteiger partial charge on any atom is 0.259 e. The fourth-order valence-electron chi connectivity index (χ4n) is 1.76. The van der Waals surface area contributed by atoms with E-state index in [2.05, 4.69) is 5.32 Å². The summed E-state index contributed by atoms with van der Waals surface area (Å²) < 4.78 is 13.5. The molecule has 0 bridgehead atoms. The molecule has 1 amide bonds. The summed E-state index contributed by atoms with van der Waals surface area (Å²) in [6.07, 6.45) is 0. The monoisotopic (exact) mass is 259 g/mol. The minimum atomic E-state index is -0.540. The molecule has 2 rings (SSSR count). The van der Waals surface area contributed by atoms with Gasteiger partial charge in [0.25, 0.3) is 5.91 Å². The van der Waals surface area contributed by atoms with E-state index in [0.717, 1.165) is 11.1 Å². The van der Waals surface area contributed by atoms with E-state index in [0.29, 0.717) is 0 Å². The van der Waals surface area contributed by atoms with Gasteiger partial charge in [-0.2, -0.15) is 0 Å². The first-order chi connectivity index (χ1) is 8.97. The summed E-state index contributed by atoms with van der Waals surface area (Å²) in [5, 5.41) is 12.2. The van der Waals surface area contributed by atoms with Crippen molar-refractivity contribution in [3.63, 3.8) is 0 Å². The number of rotatable bonds is 2. The van der Waals surface area contributed by atoms with Crippen molar-refractivity contribution in [2.24, 2.45) is 0 Å². The van der Waals surface area contributed by atoms with Gasteiger partial charge in [-0.25, -0.2) is 4.39 Å². The Morgan fingerprint density at radius 3 is 2.42 bits per heavy atom. The predicted octanol–water partition coefficient (Wildman–Crippen LogP) is 3.40. The van der Waals surface area contributed by atoms with Crippen LogP contribution in [0.4, 0.5) is 10.1 Å². The van der Waals surface area contributed by atoms with Crippen molar-refractivity contribution >= 4 is 11.6 Å². The second kappa shape index (κ2) is 5.10. The minimum absolute atomic E-state index is 0.102. The molecule has 0 aliphatic carbocycles. The van der Waals surface area contributed by atoms with Gasteiger partial charge in [-0.3, -0.25) is 4.79 Å². The molecule has 4 heteroatoms. The molecule has 19 heavy (non-hydrogen) atoms. The SMILES string of the molecule is Cc1ccc(C(=O)Nc2cc(C)ccc2F)c(O)c1. The van der Waals surface area contributed by atoms with Gasteiger partial charge in [0.15, 0.2) is 0 Å². The molecule has 0 spiro atoms. The second-order valence-corrected chi connectivity index (χ2v) is 4.46. The van der Waals surface area contributed by atoms with Gasteiger partial charge in [-0.15, -0.1) is 0 Å². The Labute approximate surface area is 110 Å². The minimum Gasteiger partial charge on any atom is -0.507 e. The number of carbonyl (C=O) groups is 1. The molecule has 0 saturated carbocycles. The molecule has 0 aromatic heterocycles. The van der Waals surface area contributed by atoms with Crippen LogP contribution in [-0.2, 0) is 0 Å². The number of phenols is 1. The Bertz CT molecular complexity index is 638. The van der Waals surface area contributed by atoms with Gasteiger partial charge < -0.3 is 10.4 Å². The summed E-state index contributed by atoms with van der Waals surface area (Å²) in [5.74, 6) is -1.17. The number of phenolic OH excluding ortho intramolecular Hbond substituents is 1. The number of hydrogen-bond donors (Lipinski definition) is 2. The molecule has 0 radical (unpaired) electrons. The third-order valence-electron chi connectivity index (χ3n) is 2.77. The van der Waals surface area contributed by atoms with Gasteiger partial charge in [-0.05, 0) is 49.2 Å². The number of carbonyl (C=O) groups excluding carboxylic acids is 1. The molecule has 2 aromatic carbocycles. The third kappa shape index (κ3) is 2.91. The number of anilines is 1. The van der Waals surface area contributed by atoms with E-state index in [1.165, 1.54) is 18.2 Å². The highest BCUT2D eigenvalue weighted by Crippen LogP contribution is 2.21. The van der Waals surface area contributed by atoms with E-state index in [9.17, 15) is 14.3 Å². The van der Waals surface area contributed by atoms with Crippen LogP contribution in [-0.4, -0.2) is 11.0 Å². The first-order valence-corrected chi connectivity index (χ1v) is 5.84. The zero-order valence-corrected chi connectivity index (χ0v) is 10.7. The fourth-order valence-corrected chi connectivity index (χ4v) is 1.76. The van der Waals surface area contributed by atoms with Crippen molar-refractivity contribution in [1.29, 1.82) is 0 Å². The topological polar surface area (TPSA) is 49.3 Å². The number of aromatic hydroxyl groups is 1. The van der Waals surface area contributed by atoms with Crippen LogP contribution in [0, 0.1) is 19.7 Å². The summed E-state index contributed by atoms with van der Waals surface area (Å²) >= 11 is 0. The highest BCUT2D eigenvalue weighted by molar-refractivity contribution is 6.06. The average molecular weight is 259 g/mol. The molecule has 2 aromatic rings. The molecule has 0 unspecified atom stereocenters. The lowest BCUT2D eigenvalue weighted by atomic mass is 10.1. The Hall–Kier alpha value is -2.36. The molecule has 0 atom stereocenters. The van der Waals surface area contributed by atoms with Crippen LogP contribution in [0.15, 0.2) is 36.4 Å². The fraction of sp³-hybridized carbons (Fsp3) is 0.133. The van der Waals surface area contributed by atoms with Gasteiger partial charge in [-0.1, -0.05) is 12.1 Å². The van der Waals surface area contributed by atoms with Crippen LogP contribution in [0.3, 0.4) is 0 Å². The number of halogens is 1. The molecule has 0 fully saturated rings. The summed E-state index contributed by atoms with van der Waals surface area (Å²) in [6, 6.07) is 9.16.